The number of carbonyl (C=O) groups is 1. The Kier molecular flexibility index (Phi) is 6.33. The fourth-order valence-electron chi connectivity index (χ4n) is 4.47. The number of aromatic amines is 1. The van der Waals surface area contributed by atoms with Crippen LogP contribution in [0.1, 0.15) is 30.7 Å². The Labute approximate surface area is 196 Å². The Hall–Kier alpha value is -2.39. The van der Waals surface area contributed by atoms with E-state index in [4.69, 9.17) is 0 Å². The minimum absolute atomic E-state index is 0.0845. The van der Waals surface area contributed by atoms with Crippen LogP contribution in [0, 0.1) is 0 Å². The van der Waals surface area contributed by atoms with Crippen molar-refractivity contribution in [1.29, 1.82) is 0 Å². The Morgan fingerprint density at radius 1 is 1.11 bits per heavy atom. The first-order valence-electron chi connectivity index (χ1n) is 10.7. The topological polar surface area (TPSA) is 107 Å². The van der Waals surface area contributed by atoms with Gasteiger partial charge in [-0.2, -0.15) is 26.3 Å². The zero-order valence-electron chi connectivity index (χ0n) is 18.1. The van der Waals surface area contributed by atoms with Crippen LogP contribution >= 0.6 is 0 Å². The van der Waals surface area contributed by atoms with Crippen LogP contribution in [0.3, 0.4) is 0 Å². The highest BCUT2D eigenvalue weighted by atomic mass is 32.2. The number of alkyl halides is 6. The second-order valence-electron chi connectivity index (χ2n) is 8.82. The third kappa shape index (κ3) is 4.48. The highest BCUT2D eigenvalue weighted by molar-refractivity contribution is 7.89. The Morgan fingerprint density at radius 2 is 1.71 bits per heavy atom. The molecule has 4 rings (SSSR count). The van der Waals surface area contributed by atoms with Gasteiger partial charge in [0, 0.05) is 44.0 Å². The summed E-state index contributed by atoms with van der Waals surface area (Å²) in [5.41, 5.74) is -3.46. The molecule has 35 heavy (non-hydrogen) atoms. The molecular formula is C20H22F6N4O4S. The zero-order valence-corrected chi connectivity index (χ0v) is 18.9. The number of carbonyl (C=O) groups excluding carboxylic acids is 1. The largest absolute Gasteiger partial charge is 0.426 e. The van der Waals surface area contributed by atoms with Crippen LogP contribution in [0.4, 0.5) is 26.3 Å². The van der Waals surface area contributed by atoms with Gasteiger partial charge >= 0.3 is 12.4 Å². The number of hydrogen-bond donors (Lipinski definition) is 2. The SMILES string of the molecule is O=C(CC(O)(C(F)(F)F)C(F)(F)F)N1CC(S(=O)(=O)N2CCC(c3c[nH]c4ncccc34)CC2)C1. The van der Waals surface area contributed by atoms with Crippen LogP contribution < -0.4 is 0 Å². The number of rotatable bonds is 5. The van der Waals surface area contributed by atoms with Crippen molar-refractivity contribution in [1.82, 2.24) is 19.2 Å². The number of pyridine rings is 1. The van der Waals surface area contributed by atoms with Gasteiger partial charge in [-0.25, -0.2) is 17.7 Å². The quantitative estimate of drug-likeness (QED) is 0.581. The standard InChI is InChI=1S/C20H22F6N4O4S/c21-19(22,23)18(32,20(24,25)26)8-16(31)29-10-13(11-29)35(33,34)30-6-3-12(4-7-30)15-9-28-17-14(15)2-1-5-27-17/h1-2,5,9,12-13,32H,3-4,6-8,10-11H2,(H,27,28). The molecule has 0 saturated carbocycles. The lowest BCUT2D eigenvalue weighted by atomic mass is 9.90. The van der Waals surface area contributed by atoms with E-state index in [-0.39, 0.29) is 19.0 Å². The van der Waals surface area contributed by atoms with Crippen LogP contribution in [0.5, 0.6) is 0 Å². The fraction of sp³-hybridized carbons (Fsp3) is 0.600. The summed E-state index contributed by atoms with van der Waals surface area (Å²) in [6, 6.07) is 3.71. The van der Waals surface area contributed by atoms with Crippen molar-refractivity contribution >= 4 is 27.0 Å². The van der Waals surface area contributed by atoms with Crippen molar-refractivity contribution < 1.29 is 44.7 Å². The summed E-state index contributed by atoms with van der Waals surface area (Å²) in [6.45, 7) is -0.708. The zero-order chi connectivity index (χ0) is 25.8. The lowest BCUT2D eigenvalue weighted by Crippen LogP contribution is -2.64. The van der Waals surface area contributed by atoms with Gasteiger partial charge in [-0.15, -0.1) is 0 Å². The summed E-state index contributed by atoms with van der Waals surface area (Å²) in [7, 11) is -3.91. The van der Waals surface area contributed by atoms with Crippen molar-refractivity contribution in [3.05, 3.63) is 30.1 Å². The van der Waals surface area contributed by atoms with Crippen molar-refractivity contribution in [3.8, 4) is 0 Å². The number of sulfonamides is 1. The van der Waals surface area contributed by atoms with Gasteiger partial charge in [-0.3, -0.25) is 4.79 Å². The number of nitrogens with one attached hydrogen (secondary N) is 1. The summed E-state index contributed by atoms with van der Waals surface area (Å²) in [5.74, 6) is -1.54. The molecule has 0 unspecified atom stereocenters. The number of aromatic nitrogens is 2. The monoisotopic (exact) mass is 528 g/mol. The van der Waals surface area contributed by atoms with E-state index in [0.717, 1.165) is 16.6 Å². The number of amides is 1. The molecule has 0 radical (unpaired) electrons. The third-order valence-corrected chi connectivity index (χ3v) is 8.93. The van der Waals surface area contributed by atoms with Crippen molar-refractivity contribution in [2.24, 2.45) is 0 Å². The summed E-state index contributed by atoms with van der Waals surface area (Å²) in [4.78, 5) is 19.9. The summed E-state index contributed by atoms with van der Waals surface area (Å²) >= 11 is 0. The van der Waals surface area contributed by atoms with E-state index in [0.29, 0.717) is 17.7 Å². The summed E-state index contributed by atoms with van der Waals surface area (Å²) < 4.78 is 104. The first-order valence-corrected chi connectivity index (χ1v) is 12.2. The molecule has 2 aliphatic heterocycles. The highest BCUT2D eigenvalue weighted by Gasteiger charge is 2.71. The number of hydrogen-bond acceptors (Lipinski definition) is 5. The average molecular weight is 528 g/mol. The van der Waals surface area contributed by atoms with E-state index in [1.165, 1.54) is 4.31 Å². The number of piperidine rings is 1. The molecular weight excluding hydrogens is 506 g/mol. The summed E-state index contributed by atoms with van der Waals surface area (Å²) in [6.07, 6.45) is -9.99. The van der Waals surface area contributed by atoms with Crippen molar-refractivity contribution in [2.45, 2.75) is 48.4 Å². The molecule has 15 heteroatoms. The number of H-pyrrole nitrogens is 1. The molecule has 8 nitrogen and oxygen atoms in total. The predicted molar refractivity (Wildman–Crippen MR) is 111 cm³/mol. The average Bonchev–Trinajstić information content (AvgIpc) is 3.15. The van der Waals surface area contributed by atoms with E-state index < -0.39 is 58.6 Å². The maximum Gasteiger partial charge on any atom is 0.426 e. The second kappa shape index (κ2) is 8.62. The van der Waals surface area contributed by atoms with Crippen LogP contribution in [-0.2, 0) is 14.8 Å². The number of fused-ring (bicyclic) bond motifs is 1. The van der Waals surface area contributed by atoms with Crippen LogP contribution in [-0.4, -0.2) is 88.0 Å². The molecule has 2 aromatic rings. The molecule has 2 aliphatic rings. The molecule has 2 N–H and O–H groups in total. The molecule has 2 saturated heterocycles. The minimum Gasteiger partial charge on any atom is -0.373 e. The van der Waals surface area contributed by atoms with E-state index in [2.05, 4.69) is 9.97 Å². The molecule has 194 valence electrons. The number of likely N-dealkylation sites (tertiary alicyclic amines) is 1. The molecule has 1 amide bonds. The molecule has 2 aromatic heterocycles. The number of aliphatic hydroxyl groups is 1. The van der Waals surface area contributed by atoms with Gasteiger partial charge in [0.25, 0.3) is 5.60 Å². The smallest absolute Gasteiger partial charge is 0.373 e. The Bertz CT molecular complexity index is 1180. The lowest BCUT2D eigenvalue weighted by molar-refractivity contribution is -0.367. The van der Waals surface area contributed by atoms with E-state index in [9.17, 15) is 44.7 Å². The maximum atomic E-state index is 12.9. The van der Waals surface area contributed by atoms with E-state index >= 15 is 0 Å². The molecule has 0 bridgehead atoms. The maximum absolute atomic E-state index is 12.9. The van der Waals surface area contributed by atoms with Gasteiger partial charge in [0.15, 0.2) is 0 Å². The van der Waals surface area contributed by atoms with Gasteiger partial charge in [0.1, 0.15) is 10.9 Å². The van der Waals surface area contributed by atoms with Gasteiger partial charge in [0.2, 0.25) is 15.9 Å². The first kappa shape index (κ1) is 25.7. The molecule has 4 heterocycles. The van der Waals surface area contributed by atoms with Gasteiger partial charge in [-0.05, 0) is 36.5 Å². The van der Waals surface area contributed by atoms with Crippen molar-refractivity contribution in [3.63, 3.8) is 0 Å². The minimum atomic E-state index is -6.12. The number of nitrogens with zero attached hydrogens (tertiary/aromatic N) is 3. The van der Waals surface area contributed by atoms with Crippen LogP contribution in [0.15, 0.2) is 24.5 Å². The first-order chi connectivity index (χ1) is 16.1. The second-order valence-corrected chi connectivity index (χ2v) is 11.0. The van der Waals surface area contributed by atoms with Crippen molar-refractivity contribution in [2.75, 3.05) is 26.2 Å². The van der Waals surface area contributed by atoms with E-state index in [1.54, 1.807) is 12.3 Å². The van der Waals surface area contributed by atoms with Gasteiger partial charge < -0.3 is 15.0 Å². The molecule has 0 aliphatic carbocycles. The van der Waals surface area contributed by atoms with Crippen LogP contribution in [0.25, 0.3) is 11.0 Å². The Balaban J connectivity index is 1.35. The normalized spacial score (nSPS) is 19.8. The Morgan fingerprint density at radius 3 is 2.29 bits per heavy atom. The van der Waals surface area contributed by atoms with Gasteiger partial charge in [-0.1, -0.05) is 0 Å². The predicted octanol–water partition coefficient (Wildman–Crippen LogP) is 2.53. The number of halogens is 6. The molecule has 2 fully saturated rings. The lowest BCUT2D eigenvalue weighted by Gasteiger charge is -2.43. The molecule has 0 spiro atoms. The fourth-order valence-corrected chi connectivity index (χ4v) is 6.35. The molecule has 0 aromatic carbocycles. The van der Waals surface area contributed by atoms with Gasteiger partial charge in [0.05, 0.1) is 6.42 Å². The molecule has 0 atom stereocenters. The van der Waals surface area contributed by atoms with Crippen LogP contribution in [0.2, 0.25) is 0 Å². The summed E-state index contributed by atoms with van der Waals surface area (Å²) in [5, 5.41) is 9.00. The highest BCUT2D eigenvalue weighted by Crippen LogP contribution is 2.46. The third-order valence-electron chi connectivity index (χ3n) is 6.70. The van der Waals surface area contributed by atoms with E-state index in [1.807, 2.05) is 12.3 Å².